The van der Waals surface area contributed by atoms with Gasteiger partial charge in [0.2, 0.25) is 0 Å². The van der Waals surface area contributed by atoms with Crippen molar-refractivity contribution in [2.75, 3.05) is 24.7 Å². The van der Waals surface area contributed by atoms with Gasteiger partial charge in [-0.1, -0.05) is 0 Å². The zero-order valence-electron chi connectivity index (χ0n) is 16.0. The van der Waals surface area contributed by atoms with Crippen LogP contribution < -0.4 is 4.90 Å². The number of aromatic amines is 1. The predicted octanol–water partition coefficient (Wildman–Crippen LogP) is 3.02. The summed E-state index contributed by atoms with van der Waals surface area (Å²) in [5.41, 5.74) is 5.93. The first-order valence-electron chi connectivity index (χ1n) is 9.27. The number of nitrogens with one attached hydrogen (secondary N) is 1. The first-order chi connectivity index (χ1) is 13.6. The van der Waals surface area contributed by atoms with Crippen molar-refractivity contribution < 1.29 is 4.74 Å². The van der Waals surface area contributed by atoms with Crippen molar-refractivity contribution in [3.8, 4) is 22.6 Å². The molecule has 0 spiro atoms. The Hall–Kier alpha value is -2.78. The van der Waals surface area contributed by atoms with Crippen LogP contribution in [0.2, 0.25) is 0 Å². The standard InChI is InChI=1S/C19H21N7OS/c1-11-9-21-25(3)18(11)13-8-15(26-6-7-27-10-12(26)2)22-17-16(24-28-19(13)17)14-4-5-20-23-14/h4-5,8-9,12H,6-7,10H2,1-3H3,(H,20,23). The second-order valence-corrected chi connectivity index (χ2v) is 7.90. The number of aromatic nitrogens is 6. The SMILES string of the molecule is Cc1cnn(C)c1-c1cc(N2CCOCC2C)nc2c(-c3ccn[nH]3)nsc12. The minimum absolute atomic E-state index is 0.265. The lowest BCUT2D eigenvalue weighted by Crippen LogP contribution is -2.44. The predicted molar refractivity (Wildman–Crippen MR) is 110 cm³/mol. The summed E-state index contributed by atoms with van der Waals surface area (Å²) >= 11 is 1.47. The summed E-state index contributed by atoms with van der Waals surface area (Å²) < 4.78 is 13.3. The summed E-state index contributed by atoms with van der Waals surface area (Å²) in [4.78, 5) is 7.35. The van der Waals surface area contributed by atoms with Crippen LogP contribution in [0.1, 0.15) is 12.5 Å². The highest BCUT2D eigenvalue weighted by Crippen LogP contribution is 2.39. The molecule has 1 atom stereocenters. The van der Waals surface area contributed by atoms with Crippen LogP contribution in [0, 0.1) is 6.92 Å². The molecule has 1 aliphatic rings. The van der Waals surface area contributed by atoms with E-state index in [0.717, 1.165) is 50.8 Å². The summed E-state index contributed by atoms with van der Waals surface area (Å²) in [6, 6.07) is 4.36. The number of rotatable bonds is 3. The molecular formula is C19H21N7OS. The highest BCUT2D eigenvalue weighted by atomic mass is 32.1. The second-order valence-electron chi connectivity index (χ2n) is 7.12. The van der Waals surface area contributed by atoms with Crippen LogP contribution in [-0.2, 0) is 11.8 Å². The molecule has 5 heterocycles. The van der Waals surface area contributed by atoms with Gasteiger partial charge in [-0.3, -0.25) is 9.78 Å². The molecule has 8 nitrogen and oxygen atoms in total. The average molecular weight is 395 g/mol. The molecule has 9 heteroatoms. The Balaban J connectivity index is 1.78. The van der Waals surface area contributed by atoms with Crippen LogP contribution in [0.15, 0.2) is 24.5 Å². The number of aryl methyl sites for hydroxylation is 2. The van der Waals surface area contributed by atoms with Gasteiger partial charge in [-0.15, -0.1) is 0 Å². The van der Waals surface area contributed by atoms with Crippen LogP contribution in [-0.4, -0.2) is 55.1 Å². The Morgan fingerprint density at radius 2 is 2.25 bits per heavy atom. The van der Waals surface area contributed by atoms with Gasteiger partial charge in [0.25, 0.3) is 0 Å². The molecule has 28 heavy (non-hydrogen) atoms. The molecule has 0 saturated carbocycles. The molecule has 0 aliphatic carbocycles. The Morgan fingerprint density at radius 3 is 2.96 bits per heavy atom. The molecule has 0 radical (unpaired) electrons. The lowest BCUT2D eigenvalue weighted by molar-refractivity contribution is 0.0986. The highest BCUT2D eigenvalue weighted by molar-refractivity contribution is 7.14. The minimum Gasteiger partial charge on any atom is -0.377 e. The fraction of sp³-hybridized carbons (Fsp3) is 0.368. The molecular weight excluding hydrogens is 374 g/mol. The van der Waals surface area contributed by atoms with Gasteiger partial charge >= 0.3 is 0 Å². The molecule has 4 aromatic rings. The molecule has 144 valence electrons. The van der Waals surface area contributed by atoms with Gasteiger partial charge in [-0.25, -0.2) is 4.98 Å². The van der Waals surface area contributed by atoms with E-state index in [1.54, 1.807) is 6.20 Å². The third-order valence-electron chi connectivity index (χ3n) is 5.21. The third kappa shape index (κ3) is 2.70. The van der Waals surface area contributed by atoms with E-state index in [0.29, 0.717) is 13.2 Å². The van der Waals surface area contributed by atoms with Gasteiger partial charge in [0, 0.05) is 25.4 Å². The molecule has 1 N–H and O–H groups in total. The van der Waals surface area contributed by atoms with E-state index in [-0.39, 0.29) is 6.04 Å². The molecule has 1 saturated heterocycles. The zero-order chi connectivity index (χ0) is 19.3. The van der Waals surface area contributed by atoms with Gasteiger partial charge in [-0.2, -0.15) is 14.6 Å². The largest absolute Gasteiger partial charge is 0.377 e. The van der Waals surface area contributed by atoms with E-state index in [9.17, 15) is 0 Å². The number of hydrogen-bond acceptors (Lipinski definition) is 7. The smallest absolute Gasteiger partial charge is 0.130 e. The summed E-state index contributed by atoms with van der Waals surface area (Å²) in [5, 5.41) is 11.5. The van der Waals surface area contributed by atoms with Gasteiger partial charge in [-0.05, 0) is 43.1 Å². The summed E-state index contributed by atoms with van der Waals surface area (Å²) in [6.45, 7) is 6.49. The normalized spacial score (nSPS) is 17.5. The second kappa shape index (κ2) is 6.68. The fourth-order valence-electron chi connectivity index (χ4n) is 3.80. The van der Waals surface area contributed by atoms with E-state index < -0.39 is 0 Å². The Labute approximate surface area is 166 Å². The number of hydrogen-bond donors (Lipinski definition) is 1. The van der Waals surface area contributed by atoms with Crippen molar-refractivity contribution in [1.82, 2.24) is 29.3 Å². The van der Waals surface area contributed by atoms with Crippen molar-refractivity contribution in [3.05, 3.63) is 30.1 Å². The quantitative estimate of drug-likeness (QED) is 0.574. The van der Waals surface area contributed by atoms with Gasteiger partial charge in [0.05, 0.1) is 41.5 Å². The van der Waals surface area contributed by atoms with Crippen LogP contribution in [0.4, 0.5) is 5.82 Å². The lowest BCUT2D eigenvalue weighted by atomic mass is 10.1. The number of pyridine rings is 1. The fourth-order valence-corrected chi connectivity index (χ4v) is 4.65. The van der Waals surface area contributed by atoms with Crippen molar-refractivity contribution in [3.63, 3.8) is 0 Å². The monoisotopic (exact) mass is 395 g/mol. The molecule has 1 fully saturated rings. The van der Waals surface area contributed by atoms with E-state index >= 15 is 0 Å². The first-order valence-corrected chi connectivity index (χ1v) is 10.0. The maximum absolute atomic E-state index is 5.62. The molecule has 4 aromatic heterocycles. The van der Waals surface area contributed by atoms with Crippen molar-refractivity contribution in [2.45, 2.75) is 19.9 Å². The average Bonchev–Trinajstić information content (AvgIpc) is 3.42. The molecule has 0 aromatic carbocycles. The topological polar surface area (TPSA) is 84.8 Å². The summed E-state index contributed by atoms with van der Waals surface area (Å²) in [7, 11) is 1.97. The summed E-state index contributed by atoms with van der Waals surface area (Å²) in [5.74, 6) is 0.944. The number of fused-ring (bicyclic) bond motifs is 1. The molecule has 0 bridgehead atoms. The van der Waals surface area contributed by atoms with E-state index in [1.807, 2.05) is 24.0 Å². The van der Waals surface area contributed by atoms with Crippen LogP contribution in [0.25, 0.3) is 32.9 Å². The van der Waals surface area contributed by atoms with E-state index in [2.05, 4.69) is 40.1 Å². The maximum atomic E-state index is 5.62. The number of nitrogens with zero attached hydrogens (tertiary/aromatic N) is 6. The van der Waals surface area contributed by atoms with Gasteiger partial charge < -0.3 is 9.64 Å². The Morgan fingerprint density at radius 1 is 1.36 bits per heavy atom. The van der Waals surface area contributed by atoms with Gasteiger partial charge in [0.15, 0.2) is 0 Å². The van der Waals surface area contributed by atoms with Crippen LogP contribution >= 0.6 is 11.5 Å². The zero-order valence-corrected chi connectivity index (χ0v) is 16.8. The Bertz CT molecular complexity index is 1110. The van der Waals surface area contributed by atoms with Crippen LogP contribution in [0.5, 0.6) is 0 Å². The van der Waals surface area contributed by atoms with Crippen molar-refractivity contribution in [2.24, 2.45) is 7.05 Å². The van der Waals surface area contributed by atoms with Crippen molar-refractivity contribution in [1.29, 1.82) is 0 Å². The first kappa shape index (κ1) is 17.3. The number of H-pyrrole nitrogens is 1. The Kier molecular flexibility index (Phi) is 4.13. The molecule has 1 aliphatic heterocycles. The number of ether oxygens (including phenoxy) is 1. The molecule has 1 unspecified atom stereocenters. The molecule has 0 amide bonds. The van der Waals surface area contributed by atoms with Crippen LogP contribution in [0.3, 0.4) is 0 Å². The summed E-state index contributed by atoms with van der Waals surface area (Å²) in [6.07, 6.45) is 3.63. The number of morpholine rings is 1. The minimum atomic E-state index is 0.265. The van der Waals surface area contributed by atoms with E-state index in [4.69, 9.17) is 14.1 Å². The third-order valence-corrected chi connectivity index (χ3v) is 6.08. The molecule has 5 rings (SSSR count). The lowest BCUT2D eigenvalue weighted by Gasteiger charge is -2.34. The van der Waals surface area contributed by atoms with E-state index in [1.165, 1.54) is 11.5 Å². The van der Waals surface area contributed by atoms with Gasteiger partial charge in [0.1, 0.15) is 17.0 Å². The number of anilines is 1. The maximum Gasteiger partial charge on any atom is 0.130 e. The highest BCUT2D eigenvalue weighted by Gasteiger charge is 2.25. The van der Waals surface area contributed by atoms with Crippen molar-refractivity contribution >= 4 is 27.6 Å².